The van der Waals surface area contributed by atoms with Gasteiger partial charge in [0.2, 0.25) is 11.0 Å². The second-order valence-electron chi connectivity index (χ2n) is 8.80. The zero-order valence-corrected chi connectivity index (χ0v) is 23.0. The van der Waals surface area contributed by atoms with Gasteiger partial charge in [-0.1, -0.05) is 48.0 Å². The molecule has 7 heteroatoms. The lowest BCUT2D eigenvalue weighted by atomic mass is 9.95. The molecule has 0 unspecified atom stereocenters. The molecular weight excluding hydrogens is 536 g/mol. The fourth-order valence-electron chi connectivity index (χ4n) is 4.27. The third-order valence-corrected chi connectivity index (χ3v) is 7.58. The molecule has 0 aliphatic heterocycles. The minimum atomic E-state index is -4.27. The molecule has 0 bridgehead atoms. The summed E-state index contributed by atoms with van der Waals surface area (Å²) in [6.45, 7) is 1.82. The summed E-state index contributed by atoms with van der Waals surface area (Å²) in [5, 5.41) is 2.54. The molecule has 4 aromatic carbocycles. The van der Waals surface area contributed by atoms with Gasteiger partial charge in [-0.3, -0.25) is 0 Å². The molecule has 0 amide bonds. The average molecular weight is 564 g/mol. The Morgan fingerprint density at radius 3 is 1.81 bits per heavy atom. The molecule has 0 fully saturated rings. The van der Waals surface area contributed by atoms with Crippen molar-refractivity contribution in [1.82, 2.24) is 0 Å². The molecule has 5 aromatic rings. The third-order valence-electron chi connectivity index (χ3n) is 6.10. The number of hydrogen-bond donors (Lipinski definition) is 0. The topological polar surface area (TPSA) is 64.3 Å². The highest BCUT2D eigenvalue weighted by Gasteiger charge is 2.19. The summed E-state index contributed by atoms with van der Waals surface area (Å²) in [6.07, 6.45) is 0. The van der Waals surface area contributed by atoms with Crippen LogP contribution in [0, 0.1) is 6.92 Å². The van der Waals surface area contributed by atoms with E-state index in [1.807, 2.05) is 6.92 Å². The van der Waals surface area contributed by atoms with Crippen LogP contribution in [0.4, 0.5) is 5.69 Å². The summed E-state index contributed by atoms with van der Waals surface area (Å²) in [5.41, 5.74) is 7.10. The Balaban J connectivity index is 0.000000233. The van der Waals surface area contributed by atoms with E-state index in [0.717, 1.165) is 10.0 Å². The maximum Gasteiger partial charge on any atom is 0.213 e. The van der Waals surface area contributed by atoms with Crippen LogP contribution in [0.1, 0.15) is 5.56 Å². The molecule has 0 saturated heterocycles. The van der Waals surface area contributed by atoms with Crippen LogP contribution < -0.4 is 9.47 Å². The Hall–Kier alpha value is -3.26. The molecule has 0 aliphatic rings. The van der Waals surface area contributed by atoms with E-state index >= 15 is 0 Å². The molecule has 0 radical (unpaired) electrons. The summed E-state index contributed by atoms with van der Waals surface area (Å²) < 4.78 is 34.5. The summed E-state index contributed by atoms with van der Waals surface area (Å²) in [6, 6.07) is 29.6. The second kappa shape index (κ2) is 10.4. The first-order valence-electron chi connectivity index (χ1n) is 11.4. The first kappa shape index (κ1) is 25.8. The van der Waals surface area contributed by atoms with Crippen molar-refractivity contribution in [2.24, 2.45) is 7.05 Å². The monoisotopic (exact) mass is 562 g/mol. The van der Waals surface area contributed by atoms with Gasteiger partial charge in [-0.25, -0.2) is 8.42 Å². The summed E-state index contributed by atoms with van der Waals surface area (Å²) >= 11 is 3.74. The van der Waals surface area contributed by atoms with Crippen molar-refractivity contribution in [2.45, 2.75) is 11.8 Å². The van der Waals surface area contributed by atoms with E-state index in [2.05, 4.69) is 113 Å². The highest BCUT2D eigenvalue weighted by atomic mass is 79.9. The number of anilines is 1. The number of aromatic nitrogens is 1. The molecule has 184 valence electrons. The van der Waals surface area contributed by atoms with Crippen LogP contribution in [0.15, 0.2) is 100 Å². The highest BCUT2D eigenvalue weighted by molar-refractivity contribution is 9.10. The number of rotatable bonds is 3. The van der Waals surface area contributed by atoms with E-state index in [9.17, 15) is 13.0 Å². The van der Waals surface area contributed by atoms with Gasteiger partial charge >= 0.3 is 0 Å². The summed E-state index contributed by atoms with van der Waals surface area (Å²) in [5.74, 6) is 0. The van der Waals surface area contributed by atoms with Crippen LogP contribution in [0.2, 0.25) is 0 Å². The Morgan fingerprint density at radius 1 is 0.806 bits per heavy atom. The van der Waals surface area contributed by atoms with Crippen LogP contribution >= 0.6 is 15.9 Å². The zero-order valence-electron chi connectivity index (χ0n) is 20.6. The summed E-state index contributed by atoms with van der Waals surface area (Å²) in [4.78, 5) is 1.94. The van der Waals surface area contributed by atoms with E-state index in [1.165, 1.54) is 50.8 Å². The maximum absolute atomic E-state index is 10.4. The SMILES string of the molecule is CN(C)c1ccc(-c2c3ccccc3[n+](C)c3ccccc23)cc1Br.Cc1ccc(S(=O)(=O)[O-])cc1. The fourth-order valence-corrected chi connectivity index (χ4v) is 5.47. The van der Waals surface area contributed by atoms with E-state index in [1.54, 1.807) is 12.1 Å². The van der Waals surface area contributed by atoms with Crippen molar-refractivity contribution in [3.8, 4) is 11.1 Å². The lowest BCUT2D eigenvalue weighted by molar-refractivity contribution is -0.617. The van der Waals surface area contributed by atoms with Crippen LogP contribution in [-0.2, 0) is 17.2 Å². The van der Waals surface area contributed by atoms with E-state index in [4.69, 9.17) is 0 Å². The van der Waals surface area contributed by atoms with Crippen molar-refractivity contribution < 1.29 is 17.5 Å². The lowest BCUT2D eigenvalue weighted by Crippen LogP contribution is -2.30. The van der Waals surface area contributed by atoms with Crippen molar-refractivity contribution in [3.05, 3.63) is 101 Å². The van der Waals surface area contributed by atoms with Gasteiger partial charge in [-0.15, -0.1) is 0 Å². The lowest BCUT2D eigenvalue weighted by Gasteiger charge is -2.16. The standard InChI is InChI=1S/C22H20BrN2.C7H8O3S/c1-24(2)21-13-12-15(14-18(21)23)22-16-8-4-6-10-19(16)25(3)20-11-7-5-9-17(20)22;1-6-2-4-7(5-3-6)11(8,9)10/h4-14H,1-3H3;2-5H,1H3,(H,8,9,10)/q+1;/p-1. The van der Waals surface area contributed by atoms with Gasteiger partial charge in [0.15, 0.2) is 0 Å². The average Bonchev–Trinajstić information content (AvgIpc) is 2.84. The van der Waals surface area contributed by atoms with Crippen LogP contribution in [-0.4, -0.2) is 27.1 Å². The Morgan fingerprint density at radius 2 is 1.33 bits per heavy atom. The van der Waals surface area contributed by atoms with Crippen molar-refractivity contribution in [1.29, 1.82) is 0 Å². The smallest absolute Gasteiger partial charge is 0.213 e. The second-order valence-corrected chi connectivity index (χ2v) is 11.0. The van der Waals surface area contributed by atoms with Crippen molar-refractivity contribution in [2.75, 3.05) is 19.0 Å². The quantitative estimate of drug-likeness (QED) is 0.149. The minimum Gasteiger partial charge on any atom is -0.744 e. The number of fused-ring (bicyclic) bond motifs is 2. The number of hydrogen-bond acceptors (Lipinski definition) is 4. The van der Waals surface area contributed by atoms with Crippen molar-refractivity contribution >= 4 is 53.5 Å². The Kier molecular flexibility index (Phi) is 7.45. The normalized spacial score (nSPS) is 11.3. The van der Waals surface area contributed by atoms with Gasteiger partial charge in [0.05, 0.1) is 21.4 Å². The maximum atomic E-state index is 10.4. The highest BCUT2D eigenvalue weighted by Crippen LogP contribution is 2.37. The van der Waals surface area contributed by atoms with Crippen LogP contribution in [0.25, 0.3) is 32.9 Å². The molecule has 0 spiro atoms. The van der Waals surface area contributed by atoms with E-state index < -0.39 is 10.1 Å². The van der Waals surface area contributed by atoms with E-state index in [-0.39, 0.29) is 4.90 Å². The predicted octanol–water partition coefficient (Wildman–Crippen LogP) is 6.21. The molecule has 5 rings (SSSR count). The molecule has 0 atom stereocenters. The molecule has 36 heavy (non-hydrogen) atoms. The Bertz CT molecular complexity index is 1610. The first-order valence-corrected chi connectivity index (χ1v) is 13.6. The Labute approximate surface area is 220 Å². The zero-order chi connectivity index (χ0) is 26.0. The number of pyridine rings is 1. The molecule has 0 aliphatic carbocycles. The van der Waals surface area contributed by atoms with Gasteiger partial charge < -0.3 is 9.45 Å². The number of aryl methyl sites for hydroxylation is 2. The number of nitrogens with zero attached hydrogens (tertiary/aromatic N) is 2. The van der Waals surface area contributed by atoms with Gasteiger partial charge in [0.1, 0.15) is 17.2 Å². The van der Waals surface area contributed by atoms with E-state index in [0.29, 0.717) is 0 Å². The molecule has 1 heterocycles. The van der Waals surface area contributed by atoms with Crippen LogP contribution in [0.5, 0.6) is 0 Å². The largest absolute Gasteiger partial charge is 0.744 e. The van der Waals surface area contributed by atoms with Gasteiger partial charge in [0, 0.05) is 36.3 Å². The number of benzene rings is 4. The molecule has 0 saturated carbocycles. The van der Waals surface area contributed by atoms with Gasteiger partial charge in [-0.05, 0) is 64.8 Å². The molecule has 1 aromatic heterocycles. The third kappa shape index (κ3) is 5.28. The predicted molar refractivity (Wildman–Crippen MR) is 149 cm³/mol. The minimum absolute atomic E-state index is 0.178. The molecule has 5 nitrogen and oxygen atoms in total. The fraction of sp³-hybridized carbons (Fsp3) is 0.138. The molecule has 0 N–H and O–H groups in total. The molecular formula is C29H27BrN2O3S. The summed E-state index contributed by atoms with van der Waals surface area (Å²) in [7, 11) is 1.99. The van der Waals surface area contributed by atoms with Gasteiger partial charge in [0.25, 0.3) is 0 Å². The number of halogens is 1. The number of para-hydroxylation sites is 2. The van der Waals surface area contributed by atoms with Gasteiger partial charge in [-0.2, -0.15) is 4.57 Å². The van der Waals surface area contributed by atoms with Crippen molar-refractivity contribution in [3.63, 3.8) is 0 Å². The van der Waals surface area contributed by atoms with Crippen LogP contribution in [0.3, 0.4) is 0 Å². The first-order chi connectivity index (χ1) is 17.1.